The van der Waals surface area contributed by atoms with Crippen molar-refractivity contribution in [2.45, 2.75) is 19.4 Å². The summed E-state index contributed by atoms with van der Waals surface area (Å²) in [5, 5.41) is 6.23. The van der Waals surface area contributed by atoms with E-state index in [4.69, 9.17) is 17.0 Å². The molecule has 0 spiro atoms. The largest absolute Gasteiger partial charge is 0.458 e. The Balaban J connectivity index is 2.31. The van der Waals surface area contributed by atoms with Gasteiger partial charge in [-0.1, -0.05) is 24.8 Å². The number of ether oxygens (including phenoxy) is 1. The lowest BCUT2D eigenvalue weighted by atomic mass is 9.85. The van der Waals surface area contributed by atoms with E-state index in [0.717, 1.165) is 0 Å². The van der Waals surface area contributed by atoms with Crippen molar-refractivity contribution in [3.8, 4) is 0 Å². The Kier molecular flexibility index (Phi) is 4.90. The molecule has 2 unspecified atom stereocenters. The monoisotopic (exact) mass is 308 g/mol. The summed E-state index contributed by atoms with van der Waals surface area (Å²) in [5.41, 5.74) is 0.953. The van der Waals surface area contributed by atoms with Gasteiger partial charge in [-0.2, -0.15) is 0 Å². The summed E-state index contributed by atoms with van der Waals surface area (Å²) < 4.78 is 19.2. The van der Waals surface area contributed by atoms with E-state index in [2.05, 4.69) is 17.2 Å². The molecule has 0 saturated heterocycles. The van der Waals surface area contributed by atoms with Crippen LogP contribution in [0.25, 0.3) is 0 Å². The molecule has 2 rings (SSSR count). The third-order valence-corrected chi connectivity index (χ3v) is 3.61. The highest BCUT2D eigenvalue weighted by Gasteiger charge is 2.37. The Morgan fingerprint density at radius 3 is 3.10 bits per heavy atom. The number of hydrogen-bond donors (Lipinski definition) is 2. The van der Waals surface area contributed by atoms with Gasteiger partial charge in [0.05, 0.1) is 11.6 Å². The Bertz CT molecular complexity index is 566. The van der Waals surface area contributed by atoms with Crippen LogP contribution in [0.5, 0.6) is 0 Å². The molecule has 21 heavy (non-hydrogen) atoms. The minimum absolute atomic E-state index is 0.107. The highest BCUT2D eigenvalue weighted by atomic mass is 32.1. The van der Waals surface area contributed by atoms with Crippen molar-refractivity contribution in [3.63, 3.8) is 0 Å². The maximum atomic E-state index is 14.1. The fourth-order valence-electron chi connectivity index (χ4n) is 2.43. The lowest BCUT2D eigenvalue weighted by Crippen LogP contribution is -2.53. The molecular weight excluding hydrogens is 291 g/mol. The lowest BCUT2D eigenvalue weighted by molar-refractivity contribution is -0.138. The maximum Gasteiger partial charge on any atom is 0.338 e. The van der Waals surface area contributed by atoms with Gasteiger partial charge < -0.3 is 15.4 Å². The summed E-state index contributed by atoms with van der Waals surface area (Å²) >= 11 is 5.11. The lowest BCUT2D eigenvalue weighted by Gasteiger charge is -2.34. The summed E-state index contributed by atoms with van der Waals surface area (Å²) in [6.07, 6.45) is 6.91. The van der Waals surface area contributed by atoms with Crippen molar-refractivity contribution < 1.29 is 13.9 Å². The summed E-state index contributed by atoms with van der Waals surface area (Å²) in [6, 6.07) is -0.544. The summed E-state index contributed by atoms with van der Waals surface area (Å²) in [7, 11) is 0. The zero-order valence-electron chi connectivity index (χ0n) is 11.7. The molecule has 0 amide bonds. The van der Waals surface area contributed by atoms with Gasteiger partial charge in [-0.15, -0.1) is 0 Å². The molecule has 2 N–H and O–H groups in total. The summed E-state index contributed by atoms with van der Waals surface area (Å²) in [4.78, 5) is 12.2. The number of esters is 1. The molecule has 0 aromatic rings. The van der Waals surface area contributed by atoms with Crippen LogP contribution in [0.2, 0.25) is 0 Å². The second kappa shape index (κ2) is 6.67. The normalized spacial score (nSPS) is 24.9. The predicted octanol–water partition coefficient (Wildman–Crippen LogP) is 2.27. The molecule has 0 bridgehead atoms. The molecule has 1 heterocycles. The first-order valence-electron chi connectivity index (χ1n) is 6.63. The third-order valence-electron chi connectivity index (χ3n) is 3.39. The zero-order valence-corrected chi connectivity index (χ0v) is 12.5. The Labute approximate surface area is 128 Å². The van der Waals surface area contributed by atoms with Crippen LogP contribution in [0, 0.1) is 5.92 Å². The van der Waals surface area contributed by atoms with E-state index in [0.29, 0.717) is 22.8 Å². The van der Waals surface area contributed by atoms with E-state index < -0.39 is 17.9 Å². The first kappa shape index (κ1) is 15.4. The smallest absolute Gasteiger partial charge is 0.338 e. The van der Waals surface area contributed by atoms with Crippen molar-refractivity contribution in [2.75, 3.05) is 6.61 Å². The van der Waals surface area contributed by atoms with Crippen LogP contribution in [0.4, 0.5) is 4.39 Å². The van der Waals surface area contributed by atoms with Gasteiger partial charge in [-0.05, 0) is 31.6 Å². The van der Waals surface area contributed by atoms with Crippen LogP contribution in [0.15, 0.2) is 48.0 Å². The first-order chi connectivity index (χ1) is 10.0. The van der Waals surface area contributed by atoms with Crippen LogP contribution in [-0.2, 0) is 9.53 Å². The van der Waals surface area contributed by atoms with Gasteiger partial charge in [0.1, 0.15) is 12.4 Å². The summed E-state index contributed by atoms with van der Waals surface area (Å²) in [5.74, 6) is -1.25. The average Bonchev–Trinajstić information content (AvgIpc) is 2.44. The molecule has 4 nitrogen and oxygen atoms in total. The number of nitrogens with one attached hydrogen (secondary N) is 2. The second-order valence-corrected chi connectivity index (χ2v) is 5.23. The average molecular weight is 308 g/mol. The van der Waals surface area contributed by atoms with Crippen molar-refractivity contribution >= 4 is 23.3 Å². The standard InChI is InChI=1S/C15H17FN2O2S/c1-3-8-20-14(19)12-9(2)17-15(21)18-13(12)10-6-4-5-7-11(10)16/h3-5,7,10,13H,1,6,8H2,2H3,(H2,17,18,21). The Morgan fingerprint density at radius 2 is 2.43 bits per heavy atom. The maximum absolute atomic E-state index is 14.1. The van der Waals surface area contributed by atoms with Crippen molar-refractivity contribution in [2.24, 2.45) is 5.92 Å². The van der Waals surface area contributed by atoms with Crippen LogP contribution in [-0.4, -0.2) is 23.7 Å². The Morgan fingerprint density at radius 1 is 1.67 bits per heavy atom. The van der Waals surface area contributed by atoms with Crippen LogP contribution >= 0.6 is 12.2 Å². The van der Waals surface area contributed by atoms with Gasteiger partial charge in [0.2, 0.25) is 0 Å². The molecule has 0 saturated carbocycles. The van der Waals surface area contributed by atoms with E-state index in [1.165, 1.54) is 12.2 Å². The van der Waals surface area contributed by atoms with Crippen molar-refractivity contribution in [1.82, 2.24) is 10.6 Å². The highest BCUT2D eigenvalue weighted by Crippen LogP contribution is 2.31. The molecule has 2 aliphatic rings. The number of carbonyl (C=O) groups excluding carboxylic acids is 1. The molecule has 1 aliphatic heterocycles. The molecule has 112 valence electrons. The van der Waals surface area contributed by atoms with Gasteiger partial charge in [-0.25, -0.2) is 9.18 Å². The van der Waals surface area contributed by atoms with Crippen molar-refractivity contribution in [3.05, 3.63) is 48.0 Å². The third kappa shape index (κ3) is 3.39. The van der Waals surface area contributed by atoms with E-state index in [9.17, 15) is 9.18 Å². The van der Waals surface area contributed by atoms with Gasteiger partial charge in [-0.3, -0.25) is 0 Å². The van der Waals surface area contributed by atoms with E-state index in [1.54, 1.807) is 13.0 Å². The van der Waals surface area contributed by atoms with Crippen molar-refractivity contribution in [1.29, 1.82) is 0 Å². The van der Waals surface area contributed by atoms with Crippen LogP contribution < -0.4 is 10.6 Å². The zero-order chi connectivity index (χ0) is 15.4. The van der Waals surface area contributed by atoms with E-state index >= 15 is 0 Å². The topological polar surface area (TPSA) is 50.4 Å². The number of halogens is 1. The summed E-state index contributed by atoms with van der Waals surface area (Å²) in [6.45, 7) is 5.34. The fraction of sp³-hybridized carbons (Fsp3) is 0.333. The molecule has 0 fully saturated rings. The number of carbonyl (C=O) groups is 1. The molecule has 2 atom stereocenters. The van der Waals surface area contributed by atoms with Gasteiger partial charge >= 0.3 is 5.97 Å². The first-order valence-corrected chi connectivity index (χ1v) is 7.04. The van der Waals surface area contributed by atoms with Gasteiger partial charge in [0.15, 0.2) is 5.11 Å². The molecular formula is C15H17FN2O2S. The van der Waals surface area contributed by atoms with E-state index in [1.807, 2.05) is 6.08 Å². The fourth-order valence-corrected chi connectivity index (χ4v) is 2.71. The molecule has 0 radical (unpaired) electrons. The molecule has 6 heteroatoms. The number of allylic oxidation sites excluding steroid dienone is 4. The molecule has 1 aliphatic carbocycles. The van der Waals surface area contributed by atoms with E-state index in [-0.39, 0.29) is 12.4 Å². The van der Waals surface area contributed by atoms with Crippen LogP contribution in [0.1, 0.15) is 13.3 Å². The minimum atomic E-state index is -0.544. The van der Waals surface area contributed by atoms with Gasteiger partial charge in [0, 0.05) is 11.6 Å². The highest BCUT2D eigenvalue weighted by molar-refractivity contribution is 7.80. The molecule has 0 aromatic heterocycles. The van der Waals surface area contributed by atoms with Crippen LogP contribution in [0.3, 0.4) is 0 Å². The second-order valence-electron chi connectivity index (χ2n) is 4.82. The predicted molar refractivity (Wildman–Crippen MR) is 83.0 cm³/mol. The SMILES string of the molecule is C=CCOC(=O)C1=C(C)NC(=S)NC1C1CC=CC=C1F. The number of hydrogen-bond acceptors (Lipinski definition) is 3. The minimum Gasteiger partial charge on any atom is -0.458 e. The quantitative estimate of drug-likeness (QED) is 0.474. The Hall–Kier alpha value is -1.95. The van der Waals surface area contributed by atoms with Gasteiger partial charge in [0.25, 0.3) is 0 Å². The number of thiocarbonyl (C=S) groups is 1. The molecule has 0 aromatic carbocycles. The number of rotatable bonds is 4.